The SMILES string of the molecule is Cc1cccc(OC(C)C(=O)Nc2ccccc2C(=O)N(C)C2CCCCC2)c1. The third-order valence-corrected chi connectivity index (χ3v) is 5.53. The van der Waals surface area contributed by atoms with Crippen molar-refractivity contribution in [3.8, 4) is 5.75 Å². The maximum atomic E-state index is 13.1. The van der Waals surface area contributed by atoms with E-state index in [1.54, 1.807) is 19.1 Å². The van der Waals surface area contributed by atoms with Gasteiger partial charge in [-0.1, -0.05) is 43.5 Å². The quantitative estimate of drug-likeness (QED) is 0.765. The van der Waals surface area contributed by atoms with E-state index in [1.165, 1.54) is 6.42 Å². The minimum absolute atomic E-state index is 0.0555. The van der Waals surface area contributed by atoms with Crippen LogP contribution in [0.4, 0.5) is 5.69 Å². The third-order valence-electron chi connectivity index (χ3n) is 5.53. The second kappa shape index (κ2) is 9.59. The minimum Gasteiger partial charge on any atom is -0.481 e. The molecule has 1 atom stereocenters. The number of benzene rings is 2. The smallest absolute Gasteiger partial charge is 0.265 e. The van der Waals surface area contributed by atoms with Gasteiger partial charge in [0.25, 0.3) is 11.8 Å². The molecule has 1 aliphatic carbocycles. The monoisotopic (exact) mass is 394 g/mol. The van der Waals surface area contributed by atoms with Gasteiger partial charge in [0, 0.05) is 13.1 Å². The standard InChI is InChI=1S/C24H30N2O3/c1-17-10-9-13-20(16-17)29-18(2)23(27)25-22-15-8-7-14-21(22)24(28)26(3)19-11-5-4-6-12-19/h7-10,13-16,18-19H,4-6,11-12H2,1-3H3,(H,25,27). The minimum atomic E-state index is -0.684. The predicted molar refractivity (Wildman–Crippen MR) is 115 cm³/mol. The number of hydrogen-bond donors (Lipinski definition) is 1. The molecule has 0 bridgehead atoms. The van der Waals surface area contributed by atoms with Crippen LogP contribution in [0, 0.1) is 6.92 Å². The van der Waals surface area contributed by atoms with Crippen LogP contribution in [-0.4, -0.2) is 35.9 Å². The first-order chi connectivity index (χ1) is 14.0. The van der Waals surface area contributed by atoms with Gasteiger partial charge in [0.1, 0.15) is 5.75 Å². The fourth-order valence-electron chi connectivity index (χ4n) is 3.78. The van der Waals surface area contributed by atoms with Crippen LogP contribution in [-0.2, 0) is 4.79 Å². The van der Waals surface area contributed by atoms with Crippen molar-refractivity contribution >= 4 is 17.5 Å². The van der Waals surface area contributed by atoms with Gasteiger partial charge < -0.3 is 15.0 Å². The molecule has 1 N–H and O–H groups in total. The molecule has 2 aromatic carbocycles. The largest absolute Gasteiger partial charge is 0.481 e. The average Bonchev–Trinajstić information content (AvgIpc) is 2.73. The van der Waals surface area contributed by atoms with E-state index < -0.39 is 6.10 Å². The number of anilines is 1. The van der Waals surface area contributed by atoms with Gasteiger partial charge in [-0.2, -0.15) is 0 Å². The molecule has 1 unspecified atom stereocenters. The van der Waals surface area contributed by atoms with Gasteiger partial charge in [0.15, 0.2) is 6.10 Å². The molecule has 1 fully saturated rings. The van der Waals surface area contributed by atoms with Gasteiger partial charge in [-0.05, 0) is 56.5 Å². The molecule has 1 aliphatic rings. The van der Waals surface area contributed by atoms with Crippen LogP contribution in [0.15, 0.2) is 48.5 Å². The van der Waals surface area contributed by atoms with Gasteiger partial charge in [-0.3, -0.25) is 9.59 Å². The number of carbonyl (C=O) groups is 2. The first-order valence-electron chi connectivity index (χ1n) is 10.4. The highest BCUT2D eigenvalue weighted by Gasteiger charge is 2.25. The number of hydrogen-bond acceptors (Lipinski definition) is 3. The number of amides is 2. The first-order valence-corrected chi connectivity index (χ1v) is 10.4. The second-order valence-electron chi connectivity index (χ2n) is 7.82. The Labute approximate surface area is 173 Å². The van der Waals surface area contributed by atoms with Gasteiger partial charge in [-0.25, -0.2) is 0 Å². The molecule has 0 radical (unpaired) electrons. The summed E-state index contributed by atoms with van der Waals surface area (Å²) >= 11 is 0. The molecule has 0 aliphatic heterocycles. The Kier molecular flexibility index (Phi) is 6.91. The Hall–Kier alpha value is -2.82. The van der Waals surface area contributed by atoms with E-state index in [1.807, 2.05) is 55.3 Å². The van der Waals surface area contributed by atoms with Crippen LogP contribution in [0.2, 0.25) is 0 Å². The van der Waals surface area contributed by atoms with E-state index in [2.05, 4.69) is 5.32 Å². The topological polar surface area (TPSA) is 58.6 Å². The molecule has 2 amide bonds. The van der Waals surface area contributed by atoms with Crippen molar-refractivity contribution in [2.45, 2.75) is 58.1 Å². The van der Waals surface area contributed by atoms with Crippen LogP contribution in [0.1, 0.15) is 54.9 Å². The van der Waals surface area contributed by atoms with Crippen molar-refractivity contribution in [2.75, 3.05) is 12.4 Å². The number of aryl methyl sites for hydroxylation is 1. The first kappa shape index (κ1) is 20.9. The lowest BCUT2D eigenvalue weighted by atomic mass is 9.94. The van der Waals surface area contributed by atoms with Gasteiger partial charge in [0.2, 0.25) is 0 Å². The van der Waals surface area contributed by atoms with Crippen molar-refractivity contribution in [1.82, 2.24) is 4.90 Å². The van der Waals surface area contributed by atoms with Crippen LogP contribution < -0.4 is 10.1 Å². The zero-order chi connectivity index (χ0) is 20.8. The summed E-state index contributed by atoms with van der Waals surface area (Å²) in [6, 6.07) is 15.0. The number of carbonyl (C=O) groups excluding carboxylic acids is 2. The molecule has 1 saturated carbocycles. The molecule has 3 rings (SSSR count). The zero-order valence-corrected chi connectivity index (χ0v) is 17.5. The van der Waals surface area contributed by atoms with Crippen LogP contribution in [0.5, 0.6) is 5.75 Å². The van der Waals surface area contributed by atoms with E-state index in [0.717, 1.165) is 31.2 Å². The summed E-state index contributed by atoms with van der Waals surface area (Å²) in [6.07, 6.45) is 4.96. The second-order valence-corrected chi connectivity index (χ2v) is 7.82. The lowest BCUT2D eigenvalue weighted by molar-refractivity contribution is -0.122. The maximum Gasteiger partial charge on any atom is 0.265 e. The van der Waals surface area contributed by atoms with Crippen LogP contribution in [0.25, 0.3) is 0 Å². The Morgan fingerprint density at radius 3 is 2.52 bits per heavy atom. The fraction of sp³-hybridized carbons (Fsp3) is 0.417. The summed E-state index contributed by atoms with van der Waals surface area (Å²) in [7, 11) is 1.86. The van der Waals surface area contributed by atoms with Crippen LogP contribution in [0.3, 0.4) is 0 Å². The van der Waals surface area contributed by atoms with Crippen molar-refractivity contribution in [2.24, 2.45) is 0 Å². The van der Waals surface area contributed by atoms with E-state index >= 15 is 0 Å². The number of rotatable bonds is 6. The molecule has 0 saturated heterocycles. The predicted octanol–water partition coefficient (Wildman–Crippen LogP) is 4.81. The van der Waals surface area contributed by atoms with Gasteiger partial charge in [-0.15, -0.1) is 0 Å². The highest BCUT2D eigenvalue weighted by atomic mass is 16.5. The molecule has 5 nitrogen and oxygen atoms in total. The summed E-state index contributed by atoms with van der Waals surface area (Å²) in [6.45, 7) is 3.68. The van der Waals surface area contributed by atoms with E-state index in [4.69, 9.17) is 4.74 Å². The molecule has 5 heteroatoms. The Morgan fingerprint density at radius 2 is 1.79 bits per heavy atom. The number of ether oxygens (including phenoxy) is 1. The molecule has 0 heterocycles. The Bertz CT molecular complexity index is 859. The third kappa shape index (κ3) is 5.37. The number of para-hydroxylation sites is 1. The molecule has 0 aromatic heterocycles. The molecule has 0 spiro atoms. The highest BCUT2D eigenvalue weighted by molar-refractivity contribution is 6.04. The molecular formula is C24H30N2O3. The van der Waals surface area contributed by atoms with E-state index in [-0.39, 0.29) is 17.9 Å². The fourth-order valence-corrected chi connectivity index (χ4v) is 3.78. The van der Waals surface area contributed by atoms with Crippen molar-refractivity contribution in [3.63, 3.8) is 0 Å². The lowest BCUT2D eigenvalue weighted by Gasteiger charge is -2.31. The van der Waals surface area contributed by atoms with Crippen LogP contribution >= 0.6 is 0 Å². The Balaban J connectivity index is 1.69. The van der Waals surface area contributed by atoms with Gasteiger partial charge in [0.05, 0.1) is 11.3 Å². The molecule has 29 heavy (non-hydrogen) atoms. The van der Waals surface area contributed by atoms with Crippen molar-refractivity contribution < 1.29 is 14.3 Å². The summed E-state index contributed by atoms with van der Waals surface area (Å²) in [4.78, 5) is 27.6. The van der Waals surface area contributed by atoms with E-state index in [0.29, 0.717) is 17.0 Å². The van der Waals surface area contributed by atoms with E-state index in [9.17, 15) is 9.59 Å². The van der Waals surface area contributed by atoms with Crippen molar-refractivity contribution in [3.05, 3.63) is 59.7 Å². The number of nitrogens with zero attached hydrogens (tertiary/aromatic N) is 1. The normalized spacial score (nSPS) is 15.4. The zero-order valence-electron chi connectivity index (χ0n) is 17.5. The number of nitrogens with one attached hydrogen (secondary N) is 1. The van der Waals surface area contributed by atoms with Crippen molar-refractivity contribution in [1.29, 1.82) is 0 Å². The molecular weight excluding hydrogens is 364 g/mol. The Morgan fingerprint density at radius 1 is 1.07 bits per heavy atom. The summed E-state index contributed by atoms with van der Waals surface area (Å²) in [5.41, 5.74) is 2.10. The molecule has 2 aromatic rings. The summed E-state index contributed by atoms with van der Waals surface area (Å²) in [5, 5.41) is 2.87. The summed E-state index contributed by atoms with van der Waals surface area (Å²) in [5.74, 6) is 0.307. The summed E-state index contributed by atoms with van der Waals surface area (Å²) < 4.78 is 5.76. The van der Waals surface area contributed by atoms with Gasteiger partial charge >= 0.3 is 0 Å². The highest BCUT2D eigenvalue weighted by Crippen LogP contribution is 2.25. The molecule has 154 valence electrons. The maximum absolute atomic E-state index is 13.1. The lowest BCUT2D eigenvalue weighted by Crippen LogP contribution is -2.39. The average molecular weight is 395 g/mol.